The number of anilines is 1. The lowest BCUT2D eigenvalue weighted by Crippen LogP contribution is -2.30. The van der Waals surface area contributed by atoms with Crippen LogP contribution in [0, 0.1) is 5.92 Å². The van der Waals surface area contributed by atoms with Gasteiger partial charge in [0, 0.05) is 16.8 Å². The molecule has 0 saturated heterocycles. The van der Waals surface area contributed by atoms with Crippen LogP contribution >= 0.6 is 11.6 Å². The van der Waals surface area contributed by atoms with Crippen LogP contribution in [0.1, 0.15) is 26.2 Å². The van der Waals surface area contributed by atoms with E-state index in [-0.39, 0.29) is 0 Å². The molecular weight excluding hydrogens is 194 g/mol. The fraction of sp³-hybridized carbons (Fsp3) is 0.500. The van der Waals surface area contributed by atoms with Crippen molar-refractivity contribution in [2.45, 2.75) is 32.2 Å². The second-order valence-electron chi connectivity index (χ2n) is 4.13. The van der Waals surface area contributed by atoms with Gasteiger partial charge in [0.25, 0.3) is 0 Å². The molecule has 1 unspecified atom stereocenters. The molecule has 0 amide bonds. The van der Waals surface area contributed by atoms with Crippen molar-refractivity contribution in [1.29, 1.82) is 0 Å². The Hall–Kier alpha value is -0.690. The van der Waals surface area contributed by atoms with Gasteiger partial charge in [-0.3, -0.25) is 0 Å². The lowest BCUT2D eigenvalue weighted by Gasteiger charge is -2.32. The number of rotatable bonds is 3. The van der Waals surface area contributed by atoms with E-state index in [0.717, 1.165) is 10.9 Å². The summed E-state index contributed by atoms with van der Waals surface area (Å²) in [5, 5.41) is 4.31. The minimum Gasteiger partial charge on any atom is -0.382 e. The Morgan fingerprint density at radius 1 is 1.29 bits per heavy atom. The Morgan fingerprint density at radius 3 is 2.43 bits per heavy atom. The highest BCUT2D eigenvalue weighted by atomic mass is 35.5. The molecule has 1 aliphatic carbocycles. The zero-order valence-corrected chi connectivity index (χ0v) is 9.22. The van der Waals surface area contributed by atoms with E-state index in [1.54, 1.807) is 0 Å². The fourth-order valence-electron chi connectivity index (χ4n) is 1.87. The summed E-state index contributed by atoms with van der Waals surface area (Å²) < 4.78 is 0. The summed E-state index contributed by atoms with van der Waals surface area (Å²) >= 11 is 5.82. The lowest BCUT2D eigenvalue weighted by molar-refractivity contribution is 0.285. The van der Waals surface area contributed by atoms with Crippen LogP contribution in [0.25, 0.3) is 0 Å². The van der Waals surface area contributed by atoms with E-state index >= 15 is 0 Å². The maximum absolute atomic E-state index is 5.82. The minimum absolute atomic E-state index is 0.588. The van der Waals surface area contributed by atoms with Crippen molar-refractivity contribution in [2.75, 3.05) is 5.32 Å². The third-order valence-electron chi connectivity index (χ3n) is 3.10. The molecule has 1 aliphatic rings. The van der Waals surface area contributed by atoms with Gasteiger partial charge in [0.05, 0.1) is 0 Å². The standard InChI is InChI=1S/C12H16ClN/c1-9(10-3-2-4-10)14-12-7-5-11(13)6-8-12/h5-10,14H,2-4H2,1H3. The first-order valence-electron chi connectivity index (χ1n) is 5.28. The number of hydrogen-bond acceptors (Lipinski definition) is 1. The zero-order chi connectivity index (χ0) is 9.97. The summed E-state index contributed by atoms with van der Waals surface area (Å²) in [6.45, 7) is 2.26. The van der Waals surface area contributed by atoms with E-state index in [1.165, 1.54) is 24.9 Å². The van der Waals surface area contributed by atoms with Crippen molar-refractivity contribution in [2.24, 2.45) is 5.92 Å². The summed E-state index contributed by atoms with van der Waals surface area (Å²) in [7, 11) is 0. The molecule has 1 aromatic rings. The topological polar surface area (TPSA) is 12.0 Å². The van der Waals surface area contributed by atoms with Gasteiger partial charge in [0.15, 0.2) is 0 Å². The van der Waals surface area contributed by atoms with Gasteiger partial charge >= 0.3 is 0 Å². The Kier molecular flexibility index (Phi) is 2.97. The van der Waals surface area contributed by atoms with Crippen LogP contribution in [0.3, 0.4) is 0 Å². The quantitative estimate of drug-likeness (QED) is 0.795. The van der Waals surface area contributed by atoms with Crippen molar-refractivity contribution < 1.29 is 0 Å². The highest BCUT2D eigenvalue weighted by Crippen LogP contribution is 2.31. The van der Waals surface area contributed by atoms with Gasteiger partial charge in [-0.2, -0.15) is 0 Å². The number of halogens is 1. The number of nitrogens with one attached hydrogen (secondary N) is 1. The largest absolute Gasteiger partial charge is 0.382 e. The highest BCUT2D eigenvalue weighted by Gasteiger charge is 2.23. The number of benzene rings is 1. The van der Waals surface area contributed by atoms with Gasteiger partial charge in [-0.05, 0) is 49.9 Å². The average molecular weight is 210 g/mol. The third kappa shape index (κ3) is 2.21. The molecule has 2 heteroatoms. The van der Waals surface area contributed by atoms with Crippen LogP contribution in [0.4, 0.5) is 5.69 Å². The maximum atomic E-state index is 5.82. The minimum atomic E-state index is 0.588. The molecule has 0 aliphatic heterocycles. The summed E-state index contributed by atoms with van der Waals surface area (Å²) in [5.74, 6) is 0.866. The van der Waals surface area contributed by atoms with Crippen molar-refractivity contribution >= 4 is 17.3 Å². The van der Waals surface area contributed by atoms with E-state index in [0.29, 0.717) is 6.04 Å². The van der Waals surface area contributed by atoms with Crippen molar-refractivity contribution in [3.63, 3.8) is 0 Å². The van der Waals surface area contributed by atoms with E-state index < -0.39 is 0 Å². The van der Waals surface area contributed by atoms with Gasteiger partial charge in [-0.15, -0.1) is 0 Å². The van der Waals surface area contributed by atoms with Crippen LogP contribution in [0.5, 0.6) is 0 Å². The molecule has 1 nitrogen and oxygen atoms in total. The van der Waals surface area contributed by atoms with Gasteiger partial charge in [-0.25, -0.2) is 0 Å². The SMILES string of the molecule is CC(Nc1ccc(Cl)cc1)C1CCC1. The molecule has 76 valence electrons. The molecule has 0 heterocycles. The Morgan fingerprint density at radius 2 is 1.93 bits per heavy atom. The van der Waals surface area contributed by atoms with Crippen LogP contribution < -0.4 is 5.32 Å². The van der Waals surface area contributed by atoms with E-state index in [9.17, 15) is 0 Å². The second-order valence-corrected chi connectivity index (χ2v) is 4.57. The van der Waals surface area contributed by atoms with Crippen molar-refractivity contribution in [3.05, 3.63) is 29.3 Å². The Bertz CT molecular complexity index is 290. The first kappa shape index (κ1) is 9.85. The van der Waals surface area contributed by atoms with Crippen LogP contribution in [-0.4, -0.2) is 6.04 Å². The van der Waals surface area contributed by atoms with Gasteiger partial charge in [-0.1, -0.05) is 18.0 Å². The average Bonchev–Trinajstić information content (AvgIpc) is 2.06. The van der Waals surface area contributed by atoms with E-state index in [1.807, 2.05) is 24.3 Å². The highest BCUT2D eigenvalue weighted by molar-refractivity contribution is 6.30. The normalized spacial score (nSPS) is 18.7. The second kappa shape index (κ2) is 4.22. The smallest absolute Gasteiger partial charge is 0.0407 e. The molecule has 0 radical (unpaired) electrons. The molecule has 0 bridgehead atoms. The summed E-state index contributed by atoms with van der Waals surface area (Å²) in [4.78, 5) is 0. The van der Waals surface area contributed by atoms with Crippen molar-refractivity contribution in [1.82, 2.24) is 0 Å². The maximum Gasteiger partial charge on any atom is 0.0407 e. The summed E-state index contributed by atoms with van der Waals surface area (Å²) in [5.41, 5.74) is 1.17. The summed E-state index contributed by atoms with van der Waals surface area (Å²) in [6.07, 6.45) is 4.15. The fourth-order valence-corrected chi connectivity index (χ4v) is 1.99. The molecular formula is C12H16ClN. The molecule has 0 spiro atoms. The molecule has 1 atom stereocenters. The van der Waals surface area contributed by atoms with Crippen LogP contribution in [0.2, 0.25) is 5.02 Å². The first-order chi connectivity index (χ1) is 6.75. The zero-order valence-electron chi connectivity index (χ0n) is 8.46. The molecule has 2 rings (SSSR count). The van der Waals surface area contributed by atoms with Gasteiger partial charge < -0.3 is 5.32 Å². The number of hydrogen-bond donors (Lipinski definition) is 1. The monoisotopic (exact) mass is 209 g/mol. The first-order valence-corrected chi connectivity index (χ1v) is 5.65. The lowest BCUT2D eigenvalue weighted by atomic mass is 9.80. The Balaban J connectivity index is 1.92. The molecule has 1 saturated carbocycles. The third-order valence-corrected chi connectivity index (χ3v) is 3.35. The molecule has 0 aromatic heterocycles. The molecule has 1 N–H and O–H groups in total. The molecule has 14 heavy (non-hydrogen) atoms. The predicted octanol–water partition coefficient (Wildman–Crippen LogP) is 3.94. The van der Waals surface area contributed by atoms with Gasteiger partial charge in [0.1, 0.15) is 0 Å². The molecule has 1 fully saturated rings. The van der Waals surface area contributed by atoms with E-state index in [2.05, 4.69) is 12.2 Å². The predicted molar refractivity (Wildman–Crippen MR) is 61.9 cm³/mol. The van der Waals surface area contributed by atoms with E-state index in [4.69, 9.17) is 11.6 Å². The van der Waals surface area contributed by atoms with Gasteiger partial charge in [0.2, 0.25) is 0 Å². The van der Waals surface area contributed by atoms with Crippen LogP contribution in [0.15, 0.2) is 24.3 Å². The Labute approximate surface area is 90.5 Å². The van der Waals surface area contributed by atoms with Crippen LogP contribution in [-0.2, 0) is 0 Å². The summed E-state index contributed by atoms with van der Waals surface area (Å²) in [6, 6.07) is 8.52. The molecule has 1 aromatic carbocycles. The van der Waals surface area contributed by atoms with Crippen molar-refractivity contribution in [3.8, 4) is 0 Å².